The lowest BCUT2D eigenvalue weighted by molar-refractivity contribution is -0.171. The second-order valence-corrected chi connectivity index (χ2v) is 16.3. The highest BCUT2D eigenvalue weighted by atomic mass is 79.9. The van der Waals surface area contributed by atoms with E-state index in [0.717, 1.165) is 6.29 Å². The van der Waals surface area contributed by atoms with Gasteiger partial charge in [-0.05, 0) is 48.5 Å². The number of carbonyl (C=O) groups excluding carboxylic acids is 6. The Hall–Kier alpha value is -2.32. The van der Waals surface area contributed by atoms with Gasteiger partial charge in [0.2, 0.25) is 5.91 Å². The minimum atomic E-state index is -1.49. The fraction of sp³-hybridized carbons (Fsp3) is 0.724. The topological polar surface area (TPSA) is 161 Å². The summed E-state index contributed by atoms with van der Waals surface area (Å²) in [6.45, 7) is 10.3. The van der Waals surface area contributed by atoms with Gasteiger partial charge in [-0.15, -0.1) is 0 Å². The first kappa shape index (κ1) is 36.9. The summed E-state index contributed by atoms with van der Waals surface area (Å²) in [6, 6.07) is 0. The average Bonchev–Trinajstić information content (AvgIpc) is 3.34. The van der Waals surface area contributed by atoms with Crippen LogP contribution in [0.3, 0.4) is 0 Å². The predicted molar refractivity (Wildman–Crippen MR) is 160 cm³/mol. The van der Waals surface area contributed by atoms with Gasteiger partial charge in [0.15, 0.2) is 0 Å². The van der Waals surface area contributed by atoms with Crippen molar-refractivity contribution in [3.63, 3.8) is 0 Å². The maximum atomic E-state index is 12.9. The van der Waals surface area contributed by atoms with Crippen LogP contribution in [0.5, 0.6) is 0 Å². The Kier molecular flexibility index (Phi) is 12.2. The van der Waals surface area contributed by atoms with Gasteiger partial charge in [0.25, 0.3) is 0 Å². The van der Waals surface area contributed by atoms with Gasteiger partial charge in [-0.1, -0.05) is 44.0 Å². The van der Waals surface area contributed by atoms with E-state index in [1.54, 1.807) is 53.7 Å². The Balaban J connectivity index is 1.77. The molecule has 0 spiro atoms. The van der Waals surface area contributed by atoms with E-state index in [4.69, 9.17) is 23.7 Å². The number of hydrogen-bond donors (Lipinski definition) is 1. The van der Waals surface area contributed by atoms with Gasteiger partial charge in [0.1, 0.15) is 33.6 Å². The van der Waals surface area contributed by atoms with Crippen LogP contribution < -0.4 is 5.32 Å². The molecule has 4 atom stereocenters. The molecule has 2 rings (SSSR count). The van der Waals surface area contributed by atoms with Crippen molar-refractivity contribution in [1.82, 2.24) is 5.32 Å². The smallest absolute Gasteiger partial charge is 0.322 e. The Morgan fingerprint density at radius 1 is 0.837 bits per heavy atom. The molecule has 0 aromatic rings. The molecule has 43 heavy (non-hydrogen) atoms. The molecule has 2 aliphatic heterocycles. The summed E-state index contributed by atoms with van der Waals surface area (Å²) in [5, 5.41) is 2.68. The molecule has 242 valence electrons. The lowest BCUT2D eigenvalue weighted by Gasteiger charge is -2.28. The van der Waals surface area contributed by atoms with Crippen molar-refractivity contribution in [1.29, 1.82) is 0 Å². The third-order valence-corrected chi connectivity index (χ3v) is 7.82. The number of nitrogens with one attached hydrogen (secondary N) is 1. The molecule has 0 aromatic heterocycles. The maximum Gasteiger partial charge on any atom is 0.322 e. The first-order chi connectivity index (χ1) is 19.7. The number of aldehydes is 1. The third-order valence-electron chi connectivity index (χ3n) is 7.17. The number of halogens is 2. The van der Waals surface area contributed by atoms with Crippen molar-refractivity contribution in [2.24, 2.45) is 17.3 Å². The average molecular weight is 739 g/mol. The van der Waals surface area contributed by atoms with Gasteiger partial charge >= 0.3 is 23.9 Å². The first-order valence-electron chi connectivity index (χ1n) is 13.9. The van der Waals surface area contributed by atoms with Crippen molar-refractivity contribution < 1.29 is 52.5 Å². The molecule has 2 unspecified atom stereocenters. The molecule has 14 heteroatoms. The summed E-state index contributed by atoms with van der Waals surface area (Å²) < 4.78 is 25.0. The maximum absolute atomic E-state index is 12.9. The van der Waals surface area contributed by atoms with Crippen LogP contribution in [-0.4, -0.2) is 88.9 Å². The standard InChI is InChI=1S/C29H41Br2NO11/c1-25(2,30)22(36)41-16-27(5,17-42-23(37)26(3,4)31)24(38)40-14-8-13-39-19(34)9-12-32-21(35)20-18(15-33)28(6)10-11-29(20,7)43-28/h10-11,15,18,20H,8-9,12-14,16-17H2,1-7H3,(H,32,35)/t18-,20-,28?,29?/m0/s1. The van der Waals surface area contributed by atoms with E-state index in [0.29, 0.717) is 0 Å². The lowest BCUT2D eigenvalue weighted by Crippen LogP contribution is -2.46. The predicted octanol–water partition coefficient (Wildman–Crippen LogP) is 2.96. The van der Waals surface area contributed by atoms with Crippen molar-refractivity contribution in [2.75, 3.05) is 33.0 Å². The van der Waals surface area contributed by atoms with Crippen LogP contribution >= 0.6 is 31.9 Å². The summed E-state index contributed by atoms with van der Waals surface area (Å²) in [5.74, 6) is -4.29. The van der Waals surface area contributed by atoms with E-state index in [2.05, 4.69) is 37.2 Å². The number of fused-ring (bicyclic) bond motifs is 2. The Morgan fingerprint density at radius 3 is 1.86 bits per heavy atom. The van der Waals surface area contributed by atoms with Gasteiger partial charge in [0.05, 0.1) is 42.7 Å². The van der Waals surface area contributed by atoms with E-state index in [1.807, 2.05) is 0 Å². The molecule has 1 saturated heterocycles. The highest BCUT2D eigenvalue weighted by molar-refractivity contribution is 9.10. The zero-order chi connectivity index (χ0) is 32.9. The molecular formula is C29H41Br2NO11. The normalized spacial score (nSPS) is 24.7. The molecule has 1 fully saturated rings. The van der Waals surface area contributed by atoms with Crippen LogP contribution in [0.2, 0.25) is 0 Å². The largest absolute Gasteiger partial charge is 0.465 e. The van der Waals surface area contributed by atoms with Gasteiger partial charge in [0, 0.05) is 13.0 Å². The number of amides is 1. The van der Waals surface area contributed by atoms with Gasteiger partial charge in [-0.25, -0.2) is 0 Å². The molecule has 0 radical (unpaired) electrons. The second-order valence-electron chi connectivity index (χ2n) is 12.4. The molecule has 0 aromatic carbocycles. The van der Waals surface area contributed by atoms with Crippen LogP contribution in [0.15, 0.2) is 12.2 Å². The van der Waals surface area contributed by atoms with Gasteiger partial charge in [-0.3, -0.25) is 24.0 Å². The fourth-order valence-electron chi connectivity index (χ4n) is 4.55. The number of ether oxygens (including phenoxy) is 5. The lowest BCUT2D eigenvalue weighted by atomic mass is 9.72. The van der Waals surface area contributed by atoms with E-state index in [9.17, 15) is 28.8 Å². The number of hydrogen-bond acceptors (Lipinski definition) is 11. The quantitative estimate of drug-likeness (QED) is 0.0619. The number of rotatable bonds is 16. The van der Waals surface area contributed by atoms with Crippen LogP contribution in [0.1, 0.15) is 61.3 Å². The highest BCUT2D eigenvalue weighted by Crippen LogP contribution is 2.52. The van der Waals surface area contributed by atoms with Crippen LogP contribution in [0, 0.1) is 17.3 Å². The summed E-state index contributed by atoms with van der Waals surface area (Å²) in [6.07, 6.45) is 4.39. The van der Waals surface area contributed by atoms with Crippen molar-refractivity contribution in [2.45, 2.75) is 81.2 Å². The second kappa shape index (κ2) is 14.2. The van der Waals surface area contributed by atoms with Crippen molar-refractivity contribution in [3.8, 4) is 0 Å². The van der Waals surface area contributed by atoms with Crippen molar-refractivity contribution in [3.05, 3.63) is 12.2 Å². The zero-order valence-corrected chi connectivity index (χ0v) is 28.8. The summed E-state index contributed by atoms with van der Waals surface area (Å²) in [7, 11) is 0. The van der Waals surface area contributed by atoms with E-state index in [-0.39, 0.29) is 38.5 Å². The zero-order valence-electron chi connectivity index (χ0n) is 25.6. The molecule has 0 saturated carbocycles. The van der Waals surface area contributed by atoms with Gasteiger partial charge < -0.3 is 33.8 Å². The molecule has 2 bridgehead atoms. The molecule has 0 aliphatic carbocycles. The Bertz CT molecular complexity index is 1100. The van der Waals surface area contributed by atoms with E-state index in [1.165, 1.54) is 6.92 Å². The third kappa shape index (κ3) is 9.58. The molecular weight excluding hydrogens is 698 g/mol. The van der Waals surface area contributed by atoms with E-state index >= 15 is 0 Å². The Labute approximate surface area is 268 Å². The minimum absolute atomic E-state index is 0.0114. The van der Waals surface area contributed by atoms with E-state index < -0.39 is 74.2 Å². The number of esters is 4. The Morgan fingerprint density at radius 2 is 1.35 bits per heavy atom. The fourth-order valence-corrected chi connectivity index (χ4v) is 4.78. The monoisotopic (exact) mass is 737 g/mol. The van der Waals surface area contributed by atoms with Gasteiger partial charge in [-0.2, -0.15) is 0 Å². The summed E-state index contributed by atoms with van der Waals surface area (Å²) >= 11 is 6.40. The molecule has 12 nitrogen and oxygen atoms in total. The molecule has 2 aliphatic rings. The summed E-state index contributed by atoms with van der Waals surface area (Å²) in [5.41, 5.74) is -3.22. The first-order valence-corrected chi connectivity index (χ1v) is 15.5. The number of carbonyl (C=O) groups is 6. The van der Waals surface area contributed by atoms with Crippen LogP contribution in [0.4, 0.5) is 0 Å². The molecule has 1 N–H and O–H groups in total. The SMILES string of the molecule is CC(C)(Br)C(=O)OCC(C)(COC(=O)C(C)(C)Br)C(=O)OCCCOC(=O)CCNC(=O)[C@@H]1[C@H](C=O)C2(C)C=CC1(C)O2. The number of alkyl halides is 2. The summed E-state index contributed by atoms with van der Waals surface area (Å²) in [4.78, 5) is 74.0. The van der Waals surface area contributed by atoms with Crippen LogP contribution in [-0.2, 0) is 52.5 Å². The van der Waals surface area contributed by atoms with Crippen LogP contribution in [0.25, 0.3) is 0 Å². The molecule has 2 heterocycles. The molecule has 1 amide bonds. The highest BCUT2D eigenvalue weighted by Gasteiger charge is 2.62. The minimum Gasteiger partial charge on any atom is -0.465 e. The van der Waals surface area contributed by atoms with Crippen molar-refractivity contribution >= 4 is 67.9 Å².